The molecule has 0 aliphatic carbocycles. The van der Waals surface area contributed by atoms with Crippen molar-refractivity contribution in [3.63, 3.8) is 0 Å². The zero-order valence-electron chi connectivity index (χ0n) is 10.2. The highest BCUT2D eigenvalue weighted by Crippen LogP contribution is 2.25. The van der Waals surface area contributed by atoms with Gasteiger partial charge in [-0.25, -0.2) is 9.37 Å². The van der Waals surface area contributed by atoms with E-state index in [0.717, 1.165) is 11.1 Å². The van der Waals surface area contributed by atoms with E-state index in [0.29, 0.717) is 11.4 Å². The van der Waals surface area contributed by atoms with Gasteiger partial charge in [0.25, 0.3) is 0 Å². The summed E-state index contributed by atoms with van der Waals surface area (Å²) in [5, 5.41) is 0. The van der Waals surface area contributed by atoms with Crippen LogP contribution in [0, 0.1) is 19.7 Å². The third kappa shape index (κ3) is 2.08. The van der Waals surface area contributed by atoms with Gasteiger partial charge < -0.3 is 10.3 Å². The van der Waals surface area contributed by atoms with Crippen LogP contribution in [0.25, 0.3) is 0 Å². The molecule has 1 aromatic carbocycles. The molecule has 4 heteroatoms. The maximum absolute atomic E-state index is 14.0. The molecule has 0 spiro atoms. The molecule has 1 aromatic heterocycles. The summed E-state index contributed by atoms with van der Waals surface area (Å²) in [7, 11) is 1.85. The van der Waals surface area contributed by atoms with Crippen LogP contribution in [-0.2, 0) is 7.05 Å². The fraction of sp³-hybridized carbons (Fsp3) is 0.308. The fourth-order valence-corrected chi connectivity index (χ4v) is 2.13. The molecule has 0 bridgehead atoms. The van der Waals surface area contributed by atoms with E-state index < -0.39 is 6.04 Å². The number of hydrogen-bond acceptors (Lipinski definition) is 2. The predicted octanol–water partition coefficient (Wildman–Crippen LogP) is 2.22. The van der Waals surface area contributed by atoms with Gasteiger partial charge in [0.2, 0.25) is 0 Å². The molecular formula is C13H16FN3. The third-order valence-corrected chi connectivity index (χ3v) is 2.93. The first-order valence-electron chi connectivity index (χ1n) is 5.50. The molecule has 90 valence electrons. The van der Waals surface area contributed by atoms with Gasteiger partial charge in [0.05, 0.1) is 6.04 Å². The normalized spacial score (nSPS) is 12.8. The summed E-state index contributed by atoms with van der Waals surface area (Å²) in [5.74, 6) is 0.397. The molecule has 1 atom stereocenters. The maximum Gasteiger partial charge on any atom is 0.130 e. The van der Waals surface area contributed by atoms with Gasteiger partial charge in [-0.3, -0.25) is 0 Å². The standard InChI is InChI=1S/C13H16FN3/c1-8-6-9(2)11(10(14)7-8)12(15)13-16-4-5-17(13)3/h4-7,12H,15H2,1-3H3. The predicted molar refractivity (Wildman–Crippen MR) is 65.1 cm³/mol. The lowest BCUT2D eigenvalue weighted by Gasteiger charge is -2.16. The van der Waals surface area contributed by atoms with Crippen LogP contribution in [0.1, 0.15) is 28.6 Å². The van der Waals surface area contributed by atoms with E-state index in [4.69, 9.17) is 5.73 Å². The summed E-state index contributed by atoms with van der Waals surface area (Å²) >= 11 is 0. The Labute approximate surface area is 100 Å². The van der Waals surface area contributed by atoms with Gasteiger partial charge in [-0.15, -0.1) is 0 Å². The summed E-state index contributed by atoms with van der Waals surface area (Å²) < 4.78 is 15.8. The van der Waals surface area contributed by atoms with Gasteiger partial charge in [-0.05, 0) is 31.0 Å². The highest BCUT2D eigenvalue weighted by atomic mass is 19.1. The van der Waals surface area contributed by atoms with Gasteiger partial charge in [-0.2, -0.15) is 0 Å². The van der Waals surface area contributed by atoms with Crippen LogP contribution >= 0.6 is 0 Å². The van der Waals surface area contributed by atoms with Crippen molar-refractivity contribution in [2.24, 2.45) is 12.8 Å². The zero-order chi connectivity index (χ0) is 12.6. The third-order valence-electron chi connectivity index (χ3n) is 2.93. The van der Waals surface area contributed by atoms with E-state index in [9.17, 15) is 4.39 Å². The number of nitrogens with zero attached hydrogens (tertiary/aromatic N) is 2. The number of rotatable bonds is 2. The van der Waals surface area contributed by atoms with Gasteiger partial charge >= 0.3 is 0 Å². The first kappa shape index (κ1) is 11.8. The van der Waals surface area contributed by atoms with Crippen molar-refractivity contribution in [1.29, 1.82) is 0 Å². The van der Waals surface area contributed by atoms with Crippen molar-refractivity contribution in [2.75, 3.05) is 0 Å². The second-order valence-electron chi connectivity index (χ2n) is 4.35. The molecular weight excluding hydrogens is 217 g/mol. The zero-order valence-corrected chi connectivity index (χ0v) is 10.2. The molecule has 17 heavy (non-hydrogen) atoms. The number of aromatic nitrogens is 2. The lowest BCUT2D eigenvalue weighted by atomic mass is 9.98. The molecule has 0 radical (unpaired) electrons. The molecule has 0 amide bonds. The first-order chi connectivity index (χ1) is 8.00. The Kier molecular flexibility index (Phi) is 2.98. The van der Waals surface area contributed by atoms with E-state index >= 15 is 0 Å². The Morgan fingerprint density at radius 3 is 2.59 bits per heavy atom. The number of halogens is 1. The largest absolute Gasteiger partial charge is 0.336 e. The maximum atomic E-state index is 14.0. The Morgan fingerprint density at radius 1 is 1.35 bits per heavy atom. The summed E-state index contributed by atoms with van der Waals surface area (Å²) in [4.78, 5) is 4.17. The second-order valence-corrected chi connectivity index (χ2v) is 4.35. The van der Waals surface area contributed by atoms with E-state index in [1.165, 1.54) is 6.07 Å². The average molecular weight is 233 g/mol. The Morgan fingerprint density at radius 2 is 2.06 bits per heavy atom. The highest BCUT2D eigenvalue weighted by Gasteiger charge is 2.19. The van der Waals surface area contributed by atoms with Crippen molar-refractivity contribution in [3.8, 4) is 0 Å². The summed E-state index contributed by atoms with van der Waals surface area (Å²) in [5.41, 5.74) is 8.37. The van der Waals surface area contributed by atoms with Crippen LogP contribution < -0.4 is 5.73 Å². The van der Waals surface area contributed by atoms with Crippen molar-refractivity contribution in [1.82, 2.24) is 9.55 Å². The van der Waals surface area contributed by atoms with Crippen LogP contribution in [0.3, 0.4) is 0 Å². The van der Waals surface area contributed by atoms with E-state index in [1.54, 1.807) is 12.4 Å². The van der Waals surface area contributed by atoms with Crippen LogP contribution in [-0.4, -0.2) is 9.55 Å². The van der Waals surface area contributed by atoms with Gasteiger partial charge in [0.1, 0.15) is 11.6 Å². The summed E-state index contributed by atoms with van der Waals surface area (Å²) in [6.45, 7) is 3.74. The van der Waals surface area contributed by atoms with E-state index in [-0.39, 0.29) is 5.82 Å². The summed E-state index contributed by atoms with van der Waals surface area (Å²) in [6, 6.07) is 2.90. The van der Waals surface area contributed by atoms with Crippen molar-refractivity contribution >= 4 is 0 Å². The van der Waals surface area contributed by atoms with Crippen molar-refractivity contribution in [3.05, 3.63) is 52.9 Å². The molecule has 0 saturated carbocycles. The number of imidazole rings is 1. The Bertz CT molecular complexity index is 522. The van der Waals surface area contributed by atoms with Crippen LogP contribution in [0.4, 0.5) is 4.39 Å². The molecule has 0 saturated heterocycles. The number of hydrogen-bond donors (Lipinski definition) is 1. The molecule has 3 nitrogen and oxygen atoms in total. The molecule has 0 fully saturated rings. The quantitative estimate of drug-likeness (QED) is 0.864. The SMILES string of the molecule is Cc1cc(C)c(C(N)c2nccn2C)c(F)c1. The Balaban J connectivity index is 2.51. The van der Waals surface area contributed by atoms with Crippen LogP contribution in [0.5, 0.6) is 0 Å². The first-order valence-corrected chi connectivity index (χ1v) is 5.50. The monoisotopic (exact) mass is 233 g/mol. The minimum atomic E-state index is -0.532. The van der Waals surface area contributed by atoms with Crippen LogP contribution in [0.15, 0.2) is 24.5 Å². The summed E-state index contributed by atoms with van der Waals surface area (Å²) in [6.07, 6.45) is 3.47. The number of aryl methyl sites for hydroxylation is 3. The second kappa shape index (κ2) is 4.30. The van der Waals surface area contributed by atoms with Crippen molar-refractivity contribution < 1.29 is 4.39 Å². The topological polar surface area (TPSA) is 43.8 Å². The highest BCUT2D eigenvalue weighted by molar-refractivity contribution is 5.37. The van der Waals surface area contributed by atoms with Gasteiger partial charge in [0.15, 0.2) is 0 Å². The molecule has 0 aliphatic heterocycles. The van der Waals surface area contributed by atoms with E-state index in [2.05, 4.69) is 4.98 Å². The van der Waals surface area contributed by atoms with Crippen molar-refractivity contribution in [2.45, 2.75) is 19.9 Å². The van der Waals surface area contributed by atoms with E-state index in [1.807, 2.05) is 31.5 Å². The Hall–Kier alpha value is -1.68. The molecule has 1 heterocycles. The smallest absolute Gasteiger partial charge is 0.130 e. The minimum Gasteiger partial charge on any atom is -0.336 e. The molecule has 1 unspecified atom stereocenters. The molecule has 0 aliphatic rings. The number of nitrogens with two attached hydrogens (primary N) is 1. The fourth-order valence-electron chi connectivity index (χ4n) is 2.13. The lowest BCUT2D eigenvalue weighted by molar-refractivity contribution is 0.584. The molecule has 2 rings (SSSR count). The van der Waals surface area contributed by atoms with Gasteiger partial charge in [0, 0.05) is 25.0 Å². The van der Waals surface area contributed by atoms with Gasteiger partial charge in [-0.1, -0.05) is 6.07 Å². The number of benzene rings is 1. The molecule has 2 N–H and O–H groups in total. The molecule has 2 aromatic rings. The van der Waals surface area contributed by atoms with Crippen LogP contribution in [0.2, 0.25) is 0 Å². The minimum absolute atomic E-state index is 0.266. The average Bonchev–Trinajstić information content (AvgIpc) is 2.62. The lowest BCUT2D eigenvalue weighted by Crippen LogP contribution is -2.19.